The fraction of sp³-hybridized carbons (Fsp3) is 0.143. The van der Waals surface area contributed by atoms with Crippen LogP contribution in [0, 0.1) is 20.8 Å². The molecule has 0 saturated heterocycles. The van der Waals surface area contributed by atoms with Gasteiger partial charge in [0.15, 0.2) is 5.58 Å². The maximum atomic E-state index is 11.5. The number of aromatic nitrogens is 3. The van der Waals surface area contributed by atoms with Crippen LogP contribution in [0.2, 0.25) is 0 Å². The van der Waals surface area contributed by atoms with Gasteiger partial charge in [-0.1, -0.05) is 0 Å². The van der Waals surface area contributed by atoms with Crippen LogP contribution in [0.15, 0.2) is 45.7 Å². The highest BCUT2D eigenvalue weighted by atomic mass is 16.4. The molecule has 152 valence electrons. The lowest BCUT2D eigenvalue weighted by atomic mass is 10.0. The van der Waals surface area contributed by atoms with Crippen LogP contribution in [-0.4, -0.2) is 20.9 Å². The molecule has 0 saturated carbocycles. The van der Waals surface area contributed by atoms with Gasteiger partial charge in [-0.2, -0.15) is 4.98 Å². The number of carbonyl (C=O) groups excluding carboxylic acids is 1. The number of carbonyl (C=O) groups is 1. The average molecular weight is 404 g/mol. The first-order valence-corrected chi connectivity index (χ1v) is 9.22. The molecule has 2 heterocycles. The molecule has 0 bridgehead atoms. The Balaban J connectivity index is 1.62. The number of nitrogens with zero attached hydrogens (tertiary/aromatic N) is 2. The molecule has 9 heteroatoms. The minimum Gasteiger partial charge on any atom is -0.408 e. The second-order valence-corrected chi connectivity index (χ2v) is 6.98. The molecule has 0 aliphatic rings. The van der Waals surface area contributed by atoms with Crippen molar-refractivity contribution in [3.63, 3.8) is 0 Å². The SMILES string of the molecule is Cc1cnc(Nc2ccc(C(N)=O)c(C)c2C)nc1Nc1ccc2oc(=O)[nH]c2c1. The summed E-state index contributed by atoms with van der Waals surface area (Å²) in [5.74, 6) is 0.0482. The molecule has 0 aliphatic heterocycles. The first kappa shape index (κ1) is 19.2. The van der Waals surface area contributed by atoms with Crippen molar-refractivity contribution >= 4 is 40.1 Å². The third kappa shape index (κ3) is 3.60. The van der Waals surface area contributed by atoms with E-state index in [0.29, 0.717) is 28.4 Å². The zero-order chi connectivity index (χ0) is 21.4. The van der Waals surface area contributed by atoms with E-state index in [2.05, 4.69) is 25.6 Å². The van der Waals surface area contributed by atoms with Gasteiger partial charge in [-0.3, -0.25) is 9.78 Å². The quantitative estimate of drug-likeness (QED) is 0.400. The van der Waals surface area contributed by atoms with E-state index >= 15 is 0 Å². The van der Waals surface area contributed by atoms with E-state index in [0.717, 1.165) is 28.1 Å². The Kier molecular flexibility index (Phi) is 4.71. The van der Waals surface area contributed by atoms with Gasteiger partial charge in [0.2, 0.25) is 11.9 Å². The topological polar surface area (TPSA) is 139 Å². The number of aryl methyl sites for hydroxylation is 1. The van der Waals surface area contributed by atoms with Crippen LogP contribution in [0.5, 0.6) is 0 Å². The van der Waals surface area contributed by atoms with Crippen LogP contribution < -0.4 is 22.1 Å². The molecule has 2 aromatic carbocycles. The number of nitrogens with two attached hydrogens (primary N) is 1. The summed E-state index contributed by atoms with van der Waals surface area (Å²) in [4.78, 5) is 34.4. The predicted octanol–water partition coefficient (Wildman–Crippen LogP) is 3.42. The van der Waals surface area contributed by atoms with Crippen LogP contribution >= 0.6 is 0 Å². The van der Waals surface area contributed by atoms with E-state index in [1.807, 2.05) is 20.8 Å². The van der Waals surface area contributed by atoms with E-state index in [9.17, 15) is 9.59 Å². The third-order valence-corrected chi connectivity index (χ3v) is 4.95. The second kappa shape index (κ2) is 7.36. The molecule has 30 heavy (non-hydrogen) atoms. The molecule has 1 amide bonds. The number of nitrogens with one attached hydrogen (secondary N) is 3. The highest BCUT2D eigenvalue weighted by molar-refractivity contribution is 5.95. The number of benzene rings is 2. The summed E-state index contributed by atoms with van der Waals surface area (Å²) in [6, 6.07) is 8.73. The maximum Gasteiger partial charge on any atom is 0.417 e. The van der Waals surface area contributed by atoms with Gasteiger partial charge >= 0.3 is 5.76 Å². The Hall–Kier alpha value is -4.14. The highest BCUT2D eigenvalue weighted by Crippen LogP contribution is 2.26. The van der Waals surface area contributed by atoms with E-state index in [-0.39, 0.29) is 0 Å². The fourth-order valence-electron chi connectivity index (χ4n) is 3.14. The average Bonchev–Trinajstić information content (AvgIpc) is 3.07. The van der Waals surface area contributed by atoms with Crippen LogP contribution in [0.3, 0.4) is 0 Å². The Bertz CT molecular complexity index is 1340. The molecule has 0 unspecified atom stereocenters. The van der Waals surface area contributed by atoms with Crippen molar-refractivity contribution in [1.82, 2.24) is 15.0 Å². The molecule has 0 aliphatic carbocycles. The van der Waals surface area contributed by atoms with E-state index in [1.54, 1.807) is 36.5 Å². The van der Waals surface area contributed by atoms with Crippen molar-refractivity contribution in [2.75, 3.05) is 10.6 Å². The van der Waals surface area contributed by atoms with Gasteiger partial charge in [-0.05, 0) is 62.2 Å². The summed E-state index contributed by atoms with van der Waals surface area (Å²) in [6.07, 6.45) is 1.70. The molecule has 0 spiro atoms. The summed E-state index contributed by atoms with van der Waals surface area (Å²) >= 11 is 0. The zero-order valence-corrected chi connectivity index (χ0v) is 16.7. The number of aromatic amines is 1. The Morgan fingerprint density at radius 3 is 2.67 bits per heavy atom. The molecule has 2 aromatic heterocycles. The smallest absolute Gasteiger partial charge is 0.408 e. The van der Waals surface area contributed by atoms with Crippen LogP contribution in [0.25, 0.3) is 11.1 Å². The number of hydrogen-bond donors (Lipinski definition) is 4. The summed E-state index contributed by atoms with van der Waals surface area (Å²) in [6.45, 7) is 5.64. The lowest BCUT2D eigenvalue weighted by molar-refractivity contribution is 0.0999. The van der Waals surface area contributed by atoms with Gasteiger partial charge in [0.1, 0.15) is 5.82 Å². The van der Waals surface area contributed by atoms with Crippen molar-refractivity contribution < 1.29 is 9.21 Å². The summed E-state index contributed by atoms with van der Waals surface area (Å²) < 4.78 is 5.02. The molecular weight excluding hydrogens is 384 g/mol. The van der Waals surface area contributed by atoms with Crippen LogP contribution in [0.4, 0.5) is 23.1 Å². The monoisotopic (exact) mass is 404 g/mol. The van der Waals surface area contributed by atoms with Crippen molar-refractivity contribution in [3.8, 4) is 0 Å². The molecule has 0 radical (unpaired) electrons. The molecule has 0 atom stereocenters. The van der Waals surface area contributed by atoms with E-state index in [4.69, 9.17) is 10.2 Å². The number of fused-ring (bicyclic) bond motifs is 1. The number of rotatable bonds is 5. The largest absolute Gasteiger partial charge is 0.417 e. The van der Waals surface area contributed by atoms with Crippen molar-refractivity contribution in [3.05, 3.63) is 69.3 Å². The number of anilines is 4. The predicted molar refractivity (Wildman–Crippen MR) is 115 cm³/mol. The van der Waals surface area contributed by atoms with Crippen LogP contribution in [0.1, 0.15) is 27.0 Å². The minimum absolute atomic E-state index is 0.398. The molecule has 5 N–H and O–H groups in total. The molecular formula is C21H20N6O3. The first-order valence-electron chi connectivity index (χ1n) is 9.22. The summed E-state index contributed by atoms with van der Waals surface area (Å²) in [7, 11) is 0. The number of hydrogen-bond acceptors (Lipinski definition) is 7. The highest BCUT2D eigenvalue weighted by Gasteiger charge is 2.12. The lowest BCUT2D eigenvalue weighted by Crippen LogP contribution is -2.14. The first-order chi connectivity index (χ1) is 14.3. The third-order valence-electron chi connectivity index (χ3n) is 4.95. The molecule has 0 fully saturated rings. The Morgan fingerprint density at radius 2 is 1.90 bits per heavy atom. The van der Waals surface area contributed by atoms with Gasteiger partial charge < -0.3 is 20.8 Å². The van der Waals surface area contributed by atoms with Gasteiger partial charge in [0.05, 0.1) is 5.52 Å². The molecule has 4 aromatic rings. The summed E-state index contributed by atoms with van der Waals surface area (Å²) in [5, 5.41) is 6.42. The fourth-order valence-corrected chi connectivity index (χ4v) is 3.14. The van der Waals surface area contributed by atoms with E-state index < -0.39 is 11.7 Å². The van der Waals surface area contributed by atoms with Crippen molar-refractivity contribution in [1.29, 1.82) is 0 Å². The van der Waals surface area contributed by atoms with Crippen molar-refractivity contribution in [2.45, 2.75) is 20.8 Å². The summed E-state index contributed by atoms with van der Waals surface area (Å²) in [5.41, 5.74) is 11.0. The normalized spacial score (nSPS) is 10.9. The van der Waals surface area contributed by atoms with Gasteiger partial charge in [0.25, 0.3) is 0 Å². The number of amides is 1. The van der Waals surface area contributed by atoms with Gasteiger partial charge in [-0.15, -0.1) is 0 Å². The Labute approximate surface area is 171 Å². The maximum absolute atomic E-state index is 11.5. The zero-order valence-electron chi connectivity index (χ0n) is 16.7. The molecule has 4 rings (SSSR count). The number of primary amides is 1. The minimum atomic E-state index is -0.500. The van der Waals surface area contributed by atoms with Crippen LogP contribution in [-0.2, 0) is 0 Å². The number of H-pyrrole nitrogens is 1. The lowest BCUT2D eigenvalue weighted by Gasteiger charge is -2.14. The van der Waals surface area contributed by atoms with E-state index in [1.165, 1.54) is 0 Å². The standard InChI is InChI=1S/C21H20N6O3/c1-10-9-23-20(25-15-6-5-14(18(22)28)11(2)12(15)3)27-19(10)24-13-4-7-17-16(8-13)26-21(29)30-17/h4-9H,1-3H3,(H2,22,28)(H,26,29)(H2,23,24,25,27). The number of oxazole rings is 1. The van der Waals surface area contributed by atoms with Gasteiger partial charge in [-0.25, -0.2) is 9.78 Å². The van der Waals surface area contributed by atoms with Crippen molar-refractivity contribution in [2.24, 2.45) is 5.73 Å². The molecule has 9 nitrogen and oxygen atoms in total. The van der Waals surface area contributed by atoms with Gasteiger partial charge in [0, 0.05) is 28.7 Å². The Morgan fingerprint density at radius 1 is 1.10 bits per heavy atom. The second-order valence-electron chi connectivity index (χ2n) is 6.98.